The number of rotatable bonds is 5. The largest absolute Gasteiger partial charge is 0.507 e. The van der Waals surface area contributed by atoms with Gasteiger partial charge in [0.1, 0.15) is 11.5 Å². The number of phenolic OH excluding ortho intramolecular Hbond substituents is 1. The van der Waals surface area contributed by atoms with E-state index >= 15 is 0 Å². The molecule has 1 heterocycles. The van der Waals surface area contributed by atoms with Crippen LogP contribution in [0.3, 0.4) is 0 Å². The van der Waals surface area contributed by atoms with Gasteiger partial charge in [0.25, 0.3) is 0 Å². The number of aryl methyl sites for hydroxylation is 1. The summed E-state index contributed by atoms with van der Waals surface area (Å²) in [6.07, 6.45) is 4.14. The number of carbonyl (C=O) groups excluding carboxylic acids is 1. The Kier molecular flexibility index (Phi) is 3.85. The molecule has 0 aliphatic carbocycles. The average molecular weight is 260 g/mol. The van der Waals surface area contributed by atoms with Crippen LogP contribution >= 0.6 is 0 Å². The van der Waals surface area contributed by atoms with Gasteiger partial charge in [-0.15, -0.1) is 0 Å². The van der Waals surface area contributed by atoms with E-state index in [1.165, 1.54) is 25.4 Å². The first kappa shape index (κ1) is 13.1. The SMILES string of the molecule is CCCn1cc(C(=O)c2cc(OC)ccc2O)cn1. The maximum atomic E-state index is 12.3. The second-order valence-electron chi connectivity index (χ2n) is 4.20. The smallest absolute Gasteiger partial charge is 0.200 e. The van der Waals surface area contributed by atoms with Crippen LogP contribution < -0.4 is 4.74 Å². The number of hydrogen-bond donors (Lipinski definition) is 1. The number of ketones is 1. The van der Waals surface area contributed by atoms with Gasteiger partial charge in [0.2, 0.25) is 0 Å². The average Bonchev–Trinajstić information content (AvgIpc) is 2.88. The van der Waals surface area contributed by atoms with E-state index < -0.39 is 0 Å². The van der Waals surface area contributed by atoms with Crippen LogP contribution in [0.25, 0.3) is 0 Å². The van der Waals surface area contributed by atoms with Gasteiger partial charge >= 0.3 is 0 Å². The highest BCUT2D eigenvalue weighted by molar-refractivity contribution is 6.10. The number of aromatic hydroxyl groups is 1. The molecular weight excluding hydrogens is 244 g/mol. The van der Waals surface area contributed by atoms with Gasteiger partial charge in [-0.1, -0.05) is 6.92 Å². The number of aromatic nitrogens is 2. The second kappa shape index (κ2) is 5.56. The molecule has 1 aromatic heterocycles. The van der Waals surface area contributed by atoms with Crippen LogP contribution in [-0.2, 0) is 6.54 Å². The van der Waals surface area contributed by atoms with Crippen LogP contribution in [0.2, 0.25) is 0 Å². The van der Waals surface area contributed by atoms with E-state index in [9.17, 15) is 9.90 Å². The van der Waals surface area contributed by atoms with Crippen molar-refractivity contribution in [3.8, 4) is 11.5 Å². The van der Waals surface area contributed by atoms with E-state index in [4.69, 9.17) is 4.74 Å². The van der Waals surface area contributed by atoms with Crippen molar-refractivity contribution in [2.45, 2.75) is 19.9 Å². The summed E-state index contributed by atoms with van der Waals surface area (Å²) in [6, 6.07) is 4.57. The number of phenols is 1. The Morgan fingerprint density at radius 2 is 2.26 bits per heavy atom. The van der Waals surface area contributed by atoms with E-state index in [0.29, 0.717) is 11.3 Å². The number of methoxy groups -OCH3 is 1. The lowest BCUT2D eigenvalue weighted by Gasteiger charge is -2.05. The maximum absolute atomic E-state index is 12.3. The van der Waals surface area contributed by atoms with Crippen molar-refractivity contribution in [1.82, 2.24) is 9.78 Å². The molecule has 0 saturated carbocycles. The summed E-state index contributed by atoms with van der Waals surface area (Å²) in [5.41, 5.74) is 0.674. The molecule has 19 heavy (non-hydrogen) atoms. The second-order valence-corrected chi connectivity index (χ2v) is 4.20. The zero-order valence-corrected chi connectivity index (χ0v) is 11.0. The normalized spacial score (nSPS) is 10.4. The van der Waals surface area contributed by atoms with E-state index in [1.54, 1.807) is 16.9 Å². The minimum absolute atomic E-state index is 0.0611. The maximum Gasteiger partial charge on any atom is 0.200 e. The molecule has 5 heteroatoms. The third-order valence-electron chi connectivity index (χ3n) is 2.80. The topological polar surface area (TPSA) is 64.3 Å². The molecular formula is C14H16N2O3. The summed E-state index contributed by atoms with van der Waals surface area (Å²) in [7, 11) is 1.51. The molecule has 0 saturated heterocycles. The summed E-state index contributed by atoms with van der Waals surface area (Å²) >= 11 is 0. The van der Waals surface area contributed by atoms with Gasteiger partial charge < -0.3 is 9.84 Å². The fraction of sp³-hybridized carbons (Fsp3) is 0.286. The minimum atomic E-state index is -0.265. The number of nitrogens with zero attached hydrogens (tertiary/aromatic N) is 2. The van der Waals surface area contributed by atoms with Crippen molar-refractivity contribution in [3.63, 3.8) is 0 Å². The summed E-state index contributed by atoms with van der Waals surface area (Å²) in [4.78, 5) is 12.3. The molecule has 0 aliphatic rings. The summed E-state index contributed by atoms with van der Waals surface area (Å²) in [6.45, 7) is 2.80. The van der Waals surface area contributed by atoms with Crippen molar-refractivity contribution in [2.24, 2.45) is 0 Å². The third-order valence-corrected chi connectivity index (χ3v) is 2.80. The van der Waals surface area contributed by atoms with Crippen LogP contribution in [0.15, 0.2) is 30.6 Å². The molecule has 1 N–H and O–H groups in total. The Hall–Kier alpha value is -2.30. The Morgan fingerprint density at radius 1 is 1.47 bits per heavy atom. The van der Waals surface area contributed by atoms with E-state index in [0.717, 1.165) is 13.0 Å². The summed E-state index contributed by atoms with van der Waals surface area (Å²) in [5, 5.41) is 13.9. The van der Waals surface area contributed by atoms with Gasteiger partial charge in [0.15, 0.2) is 5.78 Å². The molecule has 0 atom stereocenters. The van der Waals surface area contributed by atoms with Gasteiger partial charge in [-0.2, -0.15) is 5.10 Å². The van der Waals surface area contributed by atoms with E-state index in [-0.39, 0.29) is 17.1 Å². The molecule has 0 radical (unpaired) electrons. The highest BCUT2D eigenvalue weighted by Crippen LogP contribution is 2.25. The lowest BCUT2D eigenvalue weighted by Crippen LogP contribution is -2.01. The number of carbonyl (C=O) groups is 1. The van der Waals surface area contributed by atoms with Crippen LogP contribution in [0.1, 0.15) is 29.3 Å². The predicted molar refractivity (Wildman–Crippen MR) is 70.6 cm³/mol. The Labute approximate surface area is 111 Å². The number of hydrogen-bond acceptors (Lipinski definition) is 4. The molecule has 0 unspecified atom stereocenters. The molecule has 0 amide bonds. The monoisotopic (exact) mass is 260 g/mol. The predicted octanol–water partition coefficient (Wildman–Crippen LogP) is 2.24. The Balaban J connectivity index is 2.32. The molecule has 0 spiro atoms. The van der Waals surface area contributed by atoms with Gasteiger partial charge in [0.05, 0.1) is 24.4 Å². The van der Waals surface area contributed by atoms with Crippen molar-refractivity contribution in [1.29, 1.82) is 0 Å². The van der Waals surface area contributed by atoms with Crippen LogP contribution in [0, 0.1) is 0 Å². The molecule has 2 aromatic rings. The van der Waals surface area contributed by atoms with Crippen LogP contribution in [0.5, 0.6) is 11.5 Å². The lowest BCUT2D eigenvalue weighted by atomic mass is 10.1. The standard InChI is InChI=1S/C14H16N2O3/c1-3-6-16-9-10(8-15-16)14(18)12-7-11(19-2)4-5-13(12)17/h4-5,7-9,17H,3,6H2,1-2H3. The van der Waals surface area contributed by atoms with Gasteiger partial charge in [0, 0.05) is 12.7 Å². The fourth-order valence-electron chi connectivity index (χ4n) is 1.81. The fourth-order valence-corrected chi connectivity index (χ4v) is 1.81. The lowest BCUT2D eigenvalue weighted by molar-refractivity contribution is 0.103. The van der Waals surface area contributed by atoms with Gasteiger partial charge in [-0.25, -0.2) is 0 Å². The molecule has 0 fully saturated rings. The molecule has 5 nitrogen and oxygen atoms in total. The Morgan fingerprint density at radius 3 is 2.95 bits per heavy atom. The number of benzene rings is 1. The Bertz CT molecular complexity index is 590. The van der Waals surface area contributed by atoms with E-state index in [2.05, 4.69) is 5.10 Å². The third kappa shape index (κ3) is 2.76. The first-order valence-corrected chi connectivity index (χ1v) is 6.10. The highest BCUT2D eigenvalue weighted by atomic mass is 16.5. The quantitative estimate of drug-likeness (QED) is 0.837. The van der Waals surface area contributed by atoms with E-state index in [1.807, 2.05) is 6.92 Å². The molecule has 0 bridgehead atoms. The summed E-state index contributed by atoms with van der Waals surface area (Å²) in [5.74, 6) is 0.204. The summed E-state index contributed by atoms with van der Waals surface area (Å²) < 4.78 is 6.77. The molecule has 0 aliphatic heterocycles. The van der Waals surface area contributed by atoms with Crippen molar-refractivity contribution in [2.75, 3.05) is 7.11 Å². The van der Waals surface area contributed by atoms with Gasteiger partial charge in [-0.05, 0) is 24.6 Å². The number of ether oxygens (including phenoxy) is 1. The first-order valence-electron chi connectivity index (χ1n) is 6.10. The van der Waals surface area contributed by atoms with Gasteiger partial charge in [-0.3, -0.25) is 9.48 Å². The van der Waals surface area contributed by atoms with Crippen molar-refractivity contribution < 1.29 is 14.6 Å². The van der Waals surface area contributed by atoms with Crippen LogP contribution in [0.4, 0.5) is 0 Å². The molecule has 1 aromatic carbocycles. The van der Waals surface area contributed by atoms with Crippen molar-refractivity contribution >= 4 is 5.78 Å². The zero-order chi connectivity index (χ0) is 13.8. The van der Waals surface area contributed by atoms with Crippen LogP contribution in [-0.4, -0.2) is 27.8 Å². The van der Waals surface area contributed by atoms with Crippen molar-refractivity contribution in [3.05, 3.63) is 41.7 Å². The first-order chi connectivity index (χ1) is 9.15. The highest BCUT2D eigenvalue weighted by Gasteiger charge is 2.16. The molecule has 100 valence electrons. The molecule has 2 rings (SSSR count). The minimum Gasteiger partial charge on any atom is -0.507 e. The zero-order valence-electron chi connectivity index (χ0n) is 11.0.